The largest absolute Gasteiger partial charge is 0.449 e. The first-order valence-corrected chi connectivity index (χ1v) is 9.20. The molecule has 0 aromatic heterocycles. The Bertz CT molecular complexity index is 724. The summed E-state index contributed by atoms with van der Waals surface area (Å²) in [5.74, 6) is -0.941. The van der Waals surface area contributed by atoms with Crippen molar-refractivity contribution in [2.75, 3.05) is 27.2 Å². The lowest BCUT2D eigenvalue weighted by molar-refractivity contribution is -0.138. The number of esters is 1. The van der Waals surface area contributed by atoms with Gasteiger partial charge in [0.15, 0.2) is 6.10 Å². The Labute approximate surface area is 142 Å². The fraction of sp³-hybridized carbons (Fsp3) is 0.500. The highest BCUT2D eigenvalue weighted by Crippen LogP contribution is 2.17. The zero-order valence-electron chi connectivity index (χ0n) is 14.1. The zero-order chi connectivity index (χ0) is 17.9. The molecule has 0 aliphatic carbocycles. The number of ether oxygens (including phenoxy) is 1. The lowest BCUT2D eigenvalue weighted by atomic mass is 10.2. The van der Waals surface area contributed by atoms with Crippen molar-refractivity contribution in [2.24, 2.45) is 0 Å². The SMILES string of the molecule is C[C@H](OC(=O)c1cccc(S(=O)(=O)N(C)C)c1)C(=O)N1CCCC1. The number of hydrogen-bond donors (Lipinski definition) is 0. The average molecular weight is 354 g/mol. The van der Waals surface area contributed by atoms with Crippen LogP contribution in [0.4, 0.5) is 0 Å². The third-order valence-corrected chi connectivity index (χ3v) is 5.71. The summed E-state index contributed by atoms with van der Waals surface area (Å²) in [5.41, 5.74) is 0.0963. The number of likely N-dealkylation sites (tertiary alicyclic amines) is 1. The summed E-state index contributed by atoms with van der Waals surface area (Å²) in [6.45, 7) is 2.88. The number of benzene rings is 1. The second-order valence-corrected chi connectivity index (χ2v) is 8.05. The van der Waals surface area contributed by atoms with E-state index in [-0.39, 0.29) is 16.4 Å². The minimum atomic E-state index is -3.64. The Balaban J connectivity index is 2.11. The van der Waals surface area contributed by atoms with E-state index in [2.05, 4.69) is 0 Å². The topological polar surface area (TPSA) is 84.0 Å². The summed E-state index contributed by atoms with van der Waals surface area (Å²) >= 11 is 0. The van der Waals surface area contributed by atoms with E-state index in [9.17, 15) is 18.0 Å². The molecule has 1 saturated heterocycles. The molecule has 7 nitrogen and oxygen atoms in total. The molecule has 1 heterocycles. The monoisotopic (exact) mass is 354 g/mol. The molecule has 1 aromatic carbocycles. The molecular weight excluding hydrogens is 332 g/mol. The molecule has 132 valence electrons. The molecule has 1 fully saturated rings. The van der Waals surface area contributed by atoms with Gasteiger partial charge >= 0.3 is 5.97 Å². The van der Waals surface area contributed by atoms with E-state index in [4.69, 9.17) is 4.74 Å². The first kappa shape index (κ1) is 18.4. The molecule has 1 aromatic rings. The van der Waals surface area contributed by atoms with Gasteiger partial charge in [-0.15, -0.1) is 0 Å². The molecule has 1 atom stereocenters. The highest BCUT2D eigenvalue weighted by atomic mass is 32.2. The smallest absolute Gasteiger partial charge is 0.338 e. The molecule has 0 saturated carbocycles. The van der Waals surface area contributed by atoms with Gasteiger partial charge in [0.25, 0.3) is 5.91 Å². The molecule has 1 amide bonds. The number of carbonyl (C=O) groups is 2. The van der Waals surface area contributed by atoms with Crippen LogP contribution in [0.2, 0.25) is 0 Å². The minimum Gasteiger partial charge on any atom is -0.449 e. The van der Waals surface area contributed by atoms with Crippen molar-refractivity contribution in [1.82, 2.24) is 9.21 Å². The molecule has 0 spiro atoms. The van der Waals surface area contributed by atoms with E-state index >= 15 is 0 Å². The van der Waals surface area contributed by atoms with Crippen LogP contribution in [0.25, 0.3) is 0 Å². The Kier molecular flexibility index (Phi) is 5.61. The second-order valence-electron chi connectivity index (χ2n) is 5.90. The quantitative estimate of drug-likeness (QED) is 0.740. The number of amides is 1. The maximum Gasteiger partial charge on any atom is 0.338 e. The standard InChI is InChI=1S/C16H22N2O5S/c1-12(15(19)18-9-4-5-10-18)23-16(20)13-7-6-8-14(11-13)24(21,22)17(2)3/h6-8,11-12H,4-5,9-10H2,1-3H3/t12-/m0/s1. The maximum atomic E-state index is 12.2. The molecular formula is C16H22N2O5S. The first-order valence-electron chi connectivity index (χ1n) is 7.76. The molecule has 1 aliphatic heterocycles. The third-order valence-electron chi connectivity index (χ3n) is 3.90. The summed E-state index contributed by atoms with van der Waals surface area (Å²) in [6.07, 6.45) is 1.01. The number of hydrogen-bond acceptors (Lipinski definition) is 5. The van der Waals surface area contributed by atoms with Gasteiger partial charge in [0.1, 0.15) is 0 Å². The van der Waals surface area contributed by atoms with Crippen LogP contribution >= 0.6 is 0 Å². The van der Waals surface area contributed by atoms with Gasteiger partial charge in [0.2, 0.25) is 10.0 Å². The number of carbonyl (C=O) groups excluding carboxylic acids is 2. The Morgan fingerprint density at radius 1 is 1.21 bits per heavy atom. The molecule has 24 heavy (non-hydrogen) atoms. The van der Waals surface area contributed by atoms with Crippen molar-refractivity contribution in [3.8, 4) is 0 Å². The van der Waals surface area contributed by atoms with E-state index < -0.39 is 22.1 Å². The van der Waals surface area contributed by atoms with E-state index in [0.717, 1.165) is 17.1 Å². The highest BCUT2D eigenvalue weighted by molar-refractivity contribution is 7.89. The lowest BCUT2D eigenvalue weighted by Gasteiger charge is -2.20. The molecule has 0 N–H and O–H groups in total. The van der Waals surface area contributed by atoms with E-state index in [1.54, 1.807) is 4.90 Å². The van der Waals surface area contributed by atoms with Gasteiger partial charge < -0.3 is 9.64 Å². The fourth-order valence-electron chi connectivity index (χ4n) is 2.47. The van der Waals surface area contributed by atoms with Gasteiger partial charge in [0, 0.05) is 27.2 Å². The molecule has 1 aliphatic rings. The molecule has 0 bridgehead atoms. The molecule has 0 unspecified atom stereocenters. The Morgan fingerprint density at radius 2 is 1.83 bits per heavy atom. The summed E-state index contributed by atoms with van der Waals surface area (Å²) in [6, 6.07) is 5.60. The van der Waals surface area contributed by atoms with Crippen LogP contribution in [-0.2, 0) is 19.6 Å². The van der Waals surface area contributed by atoms with Gasteiger partial charge in [-0.2, -0.15) is 0 Å². The Hall–Kier alpha value is -1.93. The number of nitrogens with zero attached hydrogens (tertiary/aromatic N) is 2. The van der Waals surface area contributed by atoms with Crippen LogP contribution in [0.1, 0.15) is 30.1 Å². The van der Waals surface area contributed by atoms with E-state index in [0.29, 0.717) is 13.1 Å². The van der Waals surface area contributed by atoms with Crippen LogP contribution in [0.5, 0.6) is 0 Å². The lowest BCUT2D eigenvalue weighted by Crippen LogP contribution is -2.38. The van der Waals surface area contributed by atoms with Gasteiger partial charge in [-0.3, -0.25) is 4.79 Å². The van der Waals surface area contributed by atoms with Crippen LogP contribution in [0, 0.1) is 0 Å². The van der Waals surface area contributed by atoms with Crippen molar-refractivity contribution in [3.05, 3.63) is 29.8 Å². The fourth-order valence-corrected chi connectivity index (χ4v) is 3.42. The number of rotatable bonds is 5. The third kappa shape index (κ3) is 3.93. The van der Waals surface area contributed by atoms with E-state index in [1.165, 1.54) is 45.3 Å². The van der Waals surface area contributed by atoms with Gasteiger partial charge in [-0.25, -0.2) is 17.5 Å². The Morgan fingerprint density at radius 3 is 2.42 bits per heavy atom. The molecule has 8 heteroatoms. The highest BCUT2D eigenvalue weighted by Gasteiger charge is 2.27. The maximum absolute atomic E-state index is 12.2. The minimum absolute atomic E-state index is 0.000438. The molecule has 2 rings (SSSR count). The predicted octanol–water partition coefficient (Wildman–Crippen LogP) is 1.10. The van der Waals surface area contributed by atoms with Crippen molar-refractivity contribution in [3.63, 3.8) is 0 Å². The summed E-state index contributed by atoms with van der Waals surface area (Å²) in [5, 5.41) is 0. The van der Waals surface area contributed by atoms with E-state index in [1.807, 2.05) is 0 Å². The predicted molar refractivity (Wildman–Crippen MR) is 88.0 cm³/mol. The van der Waals surface area contributed by atoms with Crippen LogP contribution in [0.3, 0.4) is 0 Å². The van der Waals surface area contributed by atoms with Gasteiger partial charge in [-0.1, -0.05) is 6.07 Å². The van der Waals surface area contributed by atoms with Crippen molar-refractivity contribution >= 4 is 21.9 Å². The zero-order valence-corrected chi connectivity index (χ0v) is 14.9. The summed E-state index contributed by atoms with van der Waals surface area (Å²) in [7, 11) is -0.813. The van der Waals surface area contributed by atoms with Crippen LogP contribution in [0.15, 0.2) is 29.2 Å². The van der Waals surface area contributed by atoms with Crippen molar-refractivity contribution in [2.45, 2.75) is 30.8 Å². The summed E-state index contributed by atoms with van der Waals surface area (Å²) in [4.78, 5) is 26.1. The molecule has 0 radical (unpaired) electrons. The normalized spacial score (nSPS) is 16.2. The summed E-state index contributed by atoms with van der Waals surface area (Å²) < 4.78 is 30.5. The number of sulfonamides is 1. The van der Waals surface area contributed by atoms with Gasteiger partial charge in [-0.05, 0) is 38.0 Å². The van der Waals surface area contributed by atoms with Crippen LogP contribution < -0.4 is 0 Å². The van der Waals surface area contributed by atoms with Gasteiger partial charge in [0.05, 0.1) is 10.5 Å². The van der Waals surface area contributed by atoms with Crippen molar-refractivity contribution < 1.29 is 22.7 Å². The van der Waals surface area contributed by atoms with Crippen molar-refractivity contribution in [1.29, 1.82) is 0 Å². The second kappa shape index (κ2) is 7.31. The van der Waals surface area contributed by atoms with Crippen LogP contribution in [-0.4, -0.2) is 62.8 Å². The first-order chi connectivity index (χ1) is 11.2. The average Bonchev–Trinajstić information content (AvgIpc) is 3.08.